The van der Waals surface area contributed by atoms with E-state index in [-0.39, 0.29) is 12.2 Å². The fraction of sp³-hybridized carbons (Fsp3) is 0.909. The number of carbonyl (C=O) groups is 2. The molecule has 5 nitrogen and oxygen atoms in total. The highest BCUT2D eigenvalue weighted by atomic mass is 16.8. The van der Waals surface area contributed by atoms with Crippen LogP contribution in [-0.4, -0.2) is 24.5 Å². The van der Waals surface area contributed by atoms with Crippen LogP contribution >= 0.6 is 0 Å². The Balaban J connectivity index is 1.57. The number of rotatable bonds is 8. The summed E-state index contributed by atoms with van der Waals surface area (Å²) in [5.74, 6) is 1.50. The van der Waals surface area contributed by atoms with Gasteiger partial charge in [0, 0.05) is 0 Å². The van der Waals surface area contributed by atoms with Gasteiger partial charge >= 0.3 is 12.3 Å². The summed E-state index contributed by atoms with van der Waals surface area (Å²) in [5, 5.41) is 0. The van der Waals surface area contributed by atoms with Gasteiger partial charge in [-0.3, -0.25) is 0 Å². The minimum absolute atomic E-state index is 0.128. The van der Waals surface area contributed by atoms with E-state index in [1.54, 1.807) is 0 Å². The minimum atomic E-state index is -0.909. The molecule has 2 rings (SSSR count). The normalized spacial score (nSPS) is 28.4. The van der Waals surface area contributed by atoms with Gasteiger partial charge in [-0.05, 0) is 63.2 Å². The van der Waals surface area contributed by atoms with Gasteiger partial charge in [0.2, 0.25) is 0 Å². The van der Waals surface area contributed by atoms with Crippen LogP contribution in [0.15, 0.2) is 0 Å². The molecule has 0 radical (unpaired) electrons. The molecule has 0 aromatic carbocycles. The molecule has 5 heteroatoms. The van der Waals surface area contributed by atoms with Crippen LogP contribution in [0.4, 0.5) is 9.59 Å². The minimum Gasteiger partial charge on any atom is -0.431 e. The van der Waals surface area contributed by atoms with Gasteiger partial charge in [0.05, 0.1) is 0 Å². The zero-order valence-electron chi connectivity index (χ0n) is 17.3. The van der Waals surface area contributed by atoms with Crippen molar-refractivity contribution in [3.8, 4) is 0 Å². The van der Waals surface area contributed by atoms with Crippen molar-refractivity contribution in [2.75, 3.05) is 0 Å². The van der Waals surface area contributed by atoms with Crippen LogP contribution in [-0.2, 0) is 14.2 Å². The maximum atomic E-state index is 11.8. The molecule has 0 bridgehead atoms. The number of hydrogen-bond donors (Lipinski definition) is 0. The van der Waals surface area contributed by atoms with Gasteiger partial charge in [0.1, 0.15) is 12.2 Å². The summed E-state index contributed by atoms with van der Waals surface area (Å²) in [6, 6.07) is 0. The number of carbonyl (C=O) groups excluding carboxylic acids is 2. The average Bonchev–Trinajstić information content (AvgIpc) is 2.66. The lowest BCUT2D eigenvalue weighted by molar-refractivity contribution is -0.0157. The summed E-state index contributed by atoms with van der Waals surface area (Å²) in [6.45, 7) is 4.42. The van der Waals surface area contributed by atoms with Crippen LogP contribution in [0.3, 0.4) is 0 Å². The molecule has 2 aliphatic rings. The van der Waals surface area contributed by atoms with E-state index in [1.807, 2.05) is 0 Å². The van der Waals surface area contributed by atoms with Gasteiger partial charge in [0.25, 0.3) is 0 Å². The molecule has 0 aromatic rings. The summed E-state index contributed by atoms with van der Waals surface area (Å²) in [6.07, 6.45) is 13.2. The highest BCUT2D eigenvalue weighted by molar-refractivity contribution is 5.77. The first kappa shape index (κ1) is 22.0. The maximum Gasteiger partial charge on any atom is 0.518 e. The highest BCUT2D eigenvalue weighted by Crippen LogP contribution is 2.31. The summed E-state index contributed by atoms with van der Waals surface area (Å²) >= 11 is 0. The SMILES string of the molecule is CCCCC1CCC(OC(=O)OC(=O)OC2CCC(CCCC)CC2)CC1. The van der Waals surface area contributed by atoms with Crippen molar-refractivity contribution in [2.24, 2.45) is 11.8 Å². The topological polar surface area (TPSA) is 61.8 Å². The summed E-state index contributed by atoms with van der Waals surface area (Å²) in [4.78, 5) is 23.7. The molecular formula is C22H38O5. The van der Waals surface area contributed by atoms with Crippen molar-refractivity contribution in [1.29, 1.82) is 0 Å². The van der Waals surface area contributed by atoms with E-state index in [4.69, 9.17) is 14.2 Å². The zero-order chi connectivity index (χ0) is 19.5. The molecule has 0 atom stereocenters. The Labute approximate surface area is 164 Å². The average molecular weight is 383 g/mol. The molecule has 0 unspecified atom stereocenters. The second kappa shape index (κ2) is 12.2. The smallest absolute Gasteiger partial charge is 0.431 e. The van der Waals surface area contributed by atoms with Crippen molar-refractivity contribution < 1.29 is 23.8 Å². The number of unbranched alkanes of at least 4 members (excludes halogenated alkanes) is 2. The van der Waals surface area contributed by atoms with Crippen molar-refractivity contribution >= 4 is 12.3 Å². The fourth-order valence-electron chi connectivity index (χ4n) is 4.45. The second-order valence-electron chi connectivity index (χ2n) is 8.41. The molecule has 156 valence electrons. The summed E-state index contributed by atoms with van der Waals surface area (Å²) in [5.41, 5.74) is 0. The van der Waals surface area contributed by atoms with Gasteiger partial charge in [-0.25, -0.2) is 9.59 Å². The van der Waals surface area contributed by atoms with E-state index in [2.05, 4.69) is 13.8 Å². The first-order valence-electron chi connectivity index (χ1n) is 11.2. The Morgan fingerprint density at radius 2 is 1.04 bits per heavy atom. The Morgan fingerprint density at radius 3 is 1.37 bits per heavy atom. The summed E-state index contributed by atoms with van der Waals surface area (Å²) in [7, 11) is 0. The van der Waals surface area contributed by atoms with E-state index in [0.717, 1.165) is 63.2 Å². The van der Waals surface area contributed by atoms with Crippen molar-refractivity contribution in [1.82, 2.24) is 0 Å². The lowest BCUT2D eigenvalue weighted by Crippen LogP contribution is -2.29. The molecule has 0 heterocycles. The van der Waals surface area contributed by atoms with E-state index < -0.39 is 12.3 Å². The van der Waals surface area contributed by atoms with Crippen LogP contribution in [0.25, 0.3) is 0 Å². The lowest BCUT2D eigenvalue weighted by atomic mass is 9.84. The van der Waals surface area contributed by atoms with Crippen LogP contribution in [0.5, 0.6) is 0 Å². The fourth-order valence-corrected chi connectivity index (χ4v) is 4.45. The predicted molar refractivity (Wildman–Crippen MR) is 105 cm³/mol. The van der Waals surface area contributed by atoms with Gasteiger partial charge in [-0.2, -0.15) is 0 Å². The third-order valence-corrected chi connectivity index (χ3v) is 6.21. The molecular weight excluding hydrogens is 344 g/mol. The largest absolute Gasteiger partial charge is 0.518 e. The van der Waals surface area contributed by atoms with E-state index >= 15 is 0 Å². The lowest BCUT2D eigenvalue weighted by Gasteiger charge is -2.28. The molecule has 0 amide bonds. The van der Waals surface area contributed by atoms with Crippen molar-refractivity contribution in [2.45, 2.75) is 116 Å². The van der Waals surface area contributed by atoms with E-state index in [1.165, 1.54) is 38.5 Å². The van der Waals surface area contributed by atoms with Crippen LogP contribution in [0.1, 0.15) is 104 Å². The third kappa shape index (κ3) is 8.52. The monoisotopic (exact) mass is 382 g/mol. The standard InChI is InChI=1S/C22H38O5/c1-3-5-7-17-9-13-19(14-10-17)25-21(23)27-22(24)26-20-15-11-18(12-16-20)8-6-4-2/h17-20H,3-16H2,1-2H3. The Bertz CT molecular complexity index is 394. The number of ether oxygens (including phenoxy) is 3. The van der Waals surface area contributed by atoms with E-state index in [0.29, 0.717) is 0 Å². The van der Waals surface area contributed by atoms with Gasteiger partial charge in [-0.1, -0.05) is 52.4 Å². The second-order valence-corrected chi connectivity index (χ2v) is 8.41. The Morgan fingerprint density at radius 1 is 0.667 bits per heavy atom. The maximum absolute atomic E-state index is 11.8. The molecule has 2 fully saturated rings. The molecule has 0 saturated heterocycles. The quantitative estimate of drug-likeness (QED) is 0.342. The van der Waals surface area contributed by atoms with Gasteiger partial charge < -0.3 is 14.2 Å². The Hall–Kier alpha value is -1.26. The molecule has 2 aliphatic carbocycles. The molecule has 27 heavy (non-hydrogen) atoms. The van der Waals surface area contributed by atoms with Crippen LogP contribution in [0.2, 0.25) is 0 Å². The highest BCUT2D eigenvalue weighted by Gasteiger charge is 2.28. The Kier molecular flexibility index (Phi) is 10.00. The molecule has 0 spiro atoms. The summed E-state index contributed by atoms with van der Waals surface area (Å²) < 4.78 is 15.3. The zero-order valence-corrected chi connectivity index (χ0v) is 17.3. The number of hydrogen-bond acceptors (Lipinski definition) is 5. The van der Waals surface area contributed by atoms with Crippen molar-refractivity contribution in [3.63, 3.8) is 0 Å². The van der Waals surface area contributed by atoms with Crippen LogP contribution in [0, 0.1) is 11.8 Å². The third-order valence-electron chi connectivity index (χ3n) is 6.21. The van der Waals surface area contributed by atoms with Gasteiger partial charge in [0.15, 0.2) is 0 Å². The molecule has 0 N–H and O–H groups in total. The predicted octanol–water partition coefficient (Wildman–Crippen LogP) is 6.77. The van der Waals surface area contributed by atoms with Crippen LogP contribution < -0.4 is 0 Å². The first-order chi connectivity index (χ1) is 13.1. The molecule has 0 aliphatic heterocycles. The molecule has 0 aromatic heterocycles. The van der Waals surface area contributed by atoms with Gasteiger partial charge in [-0.15, -0.1) is 0 Å². The van der Waals surface area contributed by atoms with Crippen molar-refractivity contribution in [3.05, 3.63) is 0 Å². The molecule has 2 saturated carbocycles. The van der Waals surface area contributed by atoms with E-state index in [9.17, 15) is 9.59 Å². The first-order valence-corrected chi connectivity index (χ1v) is 11.2.